The number of benzene rings is 1. The molecule has 2 aromatic heterocycles. The van der Waals surface area contributed by atoms with Gasteiger partial charge in [0.15, 0.2) is 23.0 Å². The summed E-state index contributed by atoms with van der Waals surface area (Å²) in [4.78, 5) is 20.5. The highest BCUT2D eigenvalue weighted by atomic mass is 19.3. The summed E-state index contributed by atoms with van der Waals surface area (Å²) in [6.07, 6.45) is 5.89. The lowest BCUT2D eigenvalue weighted by molar-refractivity contribution is -0.286. The number of ether oxygens (including phenoxy) is 2. The van der Waals surface area contributed by atoms with E-state index in [1.54, 1.807) is 12.1 Å². The van der Waals surface area contributed by atoms with E-state index in [-0.39, 0.29) is 29.7 Å². The third-order valence-corrected chi connectivity index (χ3v) is 6.02. The van der Waals surface area contributed by atoms with Crippen LogP contribution >= 0.6 is 0 Å². The molecule has 3 aromatic rings. The van der Waals surface area contributed by atoms with Crippen molar-refractivity contribution < 1.29 is 23.4 Å². The van der Waals surface area contributed by atoms with Crippen LogP contribution in [0.15, 0.2) is 29.5 Å². The minimum Gasteiger partial charge on any atom is -0.396 e. The zero-order valence-corrected chi connectivity index (χ0v) is 17.8. The summed E-state index contributed by atoms with van der Waals surface area (Å²) in [5.41, 5.74) is 1.23. The minimum atomic E-state index is -3.72. The molecule has 33 heavy (non-hydrogen) atoms. The Labute approximate surface area is 188 Å². The number of imidazole rings is 1. The molecule has 1 aliphatic carbocycles. The lowest BCUT2D eigenvalue weighted by atomic mass is 9.79. The van der Waals surface area contributed by atoms with E-state index in [4.69, 9.17) is 0 Å². The Hall–Kier alpha value is -3.34. The van der Waals surface area contributed by atoms with Crippen LogP contribution in [-0.2, 0) is 0 Å². The van der Waals surface area contributed by atoms with Crippen molar-refractivity contribution in [1.82, 2.24) is 19.9 Å². The van der Waals surface area contributed by atoms with Gasteiger partial charge in [0.1, 0.15) is 5.52 Å². The number of rotatable bonds is 7. The van der Waals surface area contributed by atoms with Gasteiger partial charge in [0.25, 0.3) is 0 Å². The van der Waals surface area contributed by atoms with Crippen LogP contribution in [0.25, 0.3) is 11.2 Å². The van der Waals surface area contributed by atoms with Gasteiger partial charge in [0.2, 0.25) is 5.95 Å². The van der Waals surface area contributed by atoms with Gasteiger partial charge in [0.05, 0.1) is 12.0 Å². The molecule has 0 spiro atoms. The molecule has 1 aliphatic heterocycles. The number of H-pyrrole nitrogens is 1. The molecule has 0 radical (unpaired) electrons. The molecule has 3 N–H and O–H groups in total. The molecule has 0 bridgehead atoms. The van der Waals surface area contributed by atoms with E-state index in [9.17, 15) is 13.9 Å². The number of aliphatic hydroxyl groups is 1. The maximum Gasteiger partial charge on any atom is 0.586 e. The van der Waals surface area contributed by atoms with Crippen molar-refractivity contribution >= 4 is 34.8 Å². The molecule has 9 nitrogen and oxygen atoms in total. The summed E-state index contributed by atoms with van der Waals surface area (Å²) < 4.78 is 36.1. The van der Waals surface area contributed by atoms with E-state index in [2.05, 4.69) is 39.7 Å². The highest BCUT2D eigenvalue weighted by molar-refractivity contribution is 5.84. The lowest BCUT2D eigenvalue weighted by Gasteiger charge is -2.27. The normalized spacial score (nSPS) is 21.7. The van der Waals surface area contributed by atoms with Gasteiger partial charge in [-0.1, -0.05) is 25.3 Å². The Morgan fingerprint density at radius 1 is 1.24 bits per heavy atom. The SMILES string of the molecule is OCCC1CCCC(CC=Nc2nc(Nc3cccc4c3OC(F)(F)O4)nc3nc[nH]c23)C1. The van der Waals surface area contributed by atoms with Crippen LogP contribution in [0.2, 0.25) is 0 Å². The number of nitrogens with one attached hydrogen (secondary N) is 2. The Morgan fingerprint density at radius 2 is 2.12 bits per heavy atom. The van der Waals surface area contributed by atoms with Crippen molar-refractivity contribution in [3.63, 3.8) is 0 Å². The summed E-state index contributed by atoms with van der Waals surface area (Å²) in [6, 6.07) is 4.52. The quantitative estimate of drug-likeness (QED) is 0.439. The fourth-order valence-corrected chi connectivity index (χ4v) is 4.50. The smallest absolute Gasteiger partial charge is 0.396 e. The first kappa shape index (κ1) is 21.5. The first-order valence-electron chi connectivity index (χ1n) is 11.0. The number of nitrogens with zero attached hydrogens (tertiary/aromatic N) is 4. The second kappa shape index (κ2) is 8.89. The van der Waals surface area contributed by atoms with Crippen LogP contribution in [0.3, 0.4) is 0 Å². The number of aliphatic hydroxyl groups excluding tert-OH is 1. The molecule has 1 fully saturated rings. The number of aromatic amines is 1. The van der Waals surface area contributed by atoms with E-state index < -0.39 is 6.29 Å². The molecular formula is C22H24F2N6O3. The standard InChI is InChI=1S/C22H24F2N6O3/c23-22(24)32-16-6-2-5-15(18(16)33-22)28-21-29-19(17-20(30-21)27-12-26-17)25-9-7-13-3-1-4-14(11-13)8-10-31/h2,5-6,9,12-14,31H,1,3-4,7-8,10-11H2,(H2,26,27,28,29,30). The number of alkyl halides is 2. The van der Waals surface area contributed by atoms with Gasteiger partial charge in [-0.15, -0.1) is 8.78 Å². The Bertz CT molecular complexity index is 1170. The fraction of sp³-hybridized carbons (Fsp3) is 0.455. The van der Waals surface area contributed by atoms with Gasteiger partial charge in [-0.3, -0.25) is 0 Å². The number of aliphatic imine (C=N–C) groups is 1. The summed E-state index contributed by atoms with van der Waals surface area (Å²) >= 11 is 0. The van der Waals surface area contributed by atoms with Crippen molar-refractivity contribution in [1.29, 1.82) is 0 Å². The Balaban J connectivity index is 1.35. The highest BCUT2D eigenvalue weighted by Crippen LogP contribution is 2.46. The number of hydrogen-bond donors (Lipinski definition) is 3. The van der Waals surface area contributed by atoms with Gasteiger partial charge in [-0.25, -0.2) is 9.98 Å². The molecule has 2 atom stereocenters. The predicted molar refractivity (Wildman–Crippen MR) is 118 cm³/mol. The second-order valence-corrected chi connectivity index (χ2v) is 8.36. The number of aromatic nitrogens is 4. The van der Waals surface area contributed by atoms with Gasteiger partial charge in [-0.2, -0.15) is 9.97 Å². The molecule has 174 valence electrons. The van der Waals surface area contributed by atoms with Gasteiger partial charge < -0.3 is 24.9 Å². The Morgan fingerprint density at radius 3 is 3.00 bits per heavy atom. The summed E-state index contributed by atoms with van der Waals surface area (Å²) in [7, 11) is 0. The highest BCUT2D eigenvalue weighted by Gasteiger charge is 2.44. The molecular weight excluding hydrogens is 434 g/mol. The minimum absolute atomic E-state index is 0.0731. The molecule has 2 unspecified atom stereocenters. The average Bonchev–Trinajstić information content (AvgIpc) is 3.37. The number of halogens is 2. The van der Waals surface area contributed by atoms with E-state index in [1.807, 2.05) is 6.21 Å². The van der Waals surface area contributed by atoms with Crippen molar-refractivity contribution in [3.05, 3.63) is 24.5 Å². The van der Waals surface area contributed by atoms with Crippen molar-refractivity contribution in [2.45, 2.75) is 44.8 Å². The first-order chi connectivity index (χ1) is 16.0. The van der Waals surface area contributed by atoms with Crippen LogP contribution < -0.4 is 14.8 Å². The molecule has 3 heterocycles. The maximum atomic E-state index is 13.5. The average molecular weight is 458 g/mol. The van der Waals surface area contributed by atoms with Crippen LogP contribution in [0.5, 0.6) is 11.5 Å². The molecule has 1 aromatic carbocycles. The van der Waals surface area contributed by atoms with Crippen LogP contribution in [-0.4, -0.2) is 44.2 Å². The number of anilines is 2. The third-order valence-electron chi connectivity index (χ3n) is 6.02. The van der Waals surface area contributed by atoms with Crippen LogP contribution in [0.1, 0.15) is 38.5 Å². The topological polar surface area (TPSA) is 118 Å². The van der Waals surface area contributed by atoms with Crippen LogP contribution in [0, 0.1) is 11.8 Å². The second-order valence-electron chi connectivity index (χ2n) is 8.36. The lowest BCUT2D eigenvalue weighted by Crippen LogP contribution is -2.26. The summed E-state index contributed by atoms with van der Waals surface area (Å²) in [5.74, 6) is 1.46. The number of fused-ring (bicyclic) bond motifs is 2. The number of para-hydroxylation sites is 1. The largest absolute Gasteiger partial charge is 0.586 e. The summed E-state index contributed by atoms with van der Waals surface area (Å²) in [6.45, 7) is 0.236. The zero-order valence-electron chi connectivity index (χ0n) is 17.8. The van der Waals surface area contributed by atoms with Crippen molar-refractivity contribution in [2.75, 3.05) is 11.9 Å². The fourth-order valence-electron chi connectivity index (χ4n) is 4.50. The van der Waals surface area contributed by atoms with E-state index in [0.717, 1.165) is 25.7 Å². The first-order valence-corrected chi connectivity index (χ1v) is 11.0. The predicted octanol–water partition coefficient (Wildman–Crippen LogP) is 4.70. The van der Waals surface area contributed by atoms with E-state index in [1.165, 1.54) is 25.2 Å². The van der Waals surface area contributed by atoms with E-state index in [0.29, 0.717) is 28.8 Å². The van der Waals surface area contributed by atoms with Gasteiger partial charge >= 0.3 is 6.29 Å². The Kier molecular flexibility index (Phi) is 5.79. The number of hydrogen-bond acceptors (Lipinski definition) is 8. The molecule has 1 saturated carbocycles. The van der Waals surface area contributed by atoms with Gasteiger partial charge in [0, 0.05) is 12.8 Å². The van der Waals surface area contributed by atoms with Crippen LogP contribution in [0.4, 0.5) is 26.2 Å². The molecule has 5 rings (SSSR count). The summed E-state index contributed by atoms with van der Waals surface area (Å²) in [5, 5.41) is 12.1. The van der Waals surface area contributed by atoms with Crippen molar-refractivity contribution in [2.24, 2.45) is 16.8 Å². The maximum absolute atomic E-state index is 13.5. The van der Waals surface area contributed by atoms with E-state index >= 15 is 0 Å². The monoisotopic (exact) mass is 458 g/mol. The van der Waals surface area contributed by atoms with Crippen molar-refractivity contribution in [3.8, 4) is 11.5 Å². The third kappa shape index (κ3) is 4.72. The molecule has 0 saturated heterocycles. The molecule has 0 amide bonds. The molecule has 2 aliphatic rings. The molecule has 11 heteroatoms. The van der Waals surface area contributed by atoms with Gasteiger partial charge in [-0.05, 0) is 43.2 Å². The zero-order chi connectivity index (χ0) is 22.8.